The highest BCUT2D eigenvalue weighted by Gasteiger charge is 2.40. The molecule has 1 saturated heterocycles. The van der Waals surface area contributed by atoms with Crippen LogP contribution in [0.2, 0.25) is 10.0 Å². The zero-order valence-corrected chi connectivity index (χ0v) is 13.9. The van der Waals surface area contributed by atoms with Gasteiger partial charge in [-0.25, -0.2) is 12.8 Å². The zero-order valence-electron chi connectivity index (χ0n) is 11.6. The summed E-state index contributed by atoms with van der Waals surface area (Å²) in [6.07, 6.45) is 0.805. The summed E-state index contributed by atoms with van der Waals surface area (Å²) in [5.41, 5.74) is 0. The van der Waals surface area contributed by atoms with Crippen molar-refractivity contribution in [3.05, 3.63) is 28.0 Å². The summed E-state index contributed by atoms with van der Waals surface area (Å²) < 4.78 is 40.2. The van der Waals surface area contributed by atoms with Gasteiger partial charge in [-0.1, -0.05) is 23.2 Å². The molecule has 0 bridgehead atoms. The number of rotatable bonds is 3. The van der Waals surface area contributed by atoms with Gasteiger partial charge in [-0.05, 0) is 31.9 Å². The maximum atomic E-state index is 13.7. The molecule has 5 nitrogen and oxygen atoms in total. The van der Waals surface area contributed by atoms with E-state index in [0.717, 1.165) is 16.4 Å². The predicted molar refractivity (Wildman–Crippen MR) is 80.1 cm³/mol. The second-order valence-electron chi connectivity index (χ2n) is 5.12. The number of carboxylic acid groups (broad SMARTS) is 1. The fraction of sp³-hybridized carbons (Fsp3) is 0.462. The molecule has 0 unspecified atom stereocenters. The molecule has 122 valence electrons. The summed E-state index contributed by atoms with van der Waals surface area (Å²) in [5, 5.41) is 8.31. The highest BCUT2D eigenvalue weighted by Crippen LogP contribution is 2.35. The first-order valence-electron chi connectivity index (χ1n) is 6.56. The molecular formula is C13H14Cl2FNO4S. The summed E-state index contributed by atoms with van der Waals surface area (Å²) in [5.74, 6) is -2.87. The lowest BCUT2D eigenvalue weighted by molar-refractivity contribution is -0.144. The number of hydrogen-bond donors (Lipinski definition) is 1. The van der Waals surface area contributed by atoms with Crippen LogP contribution in [0.15, 0.2) is 17.0 Å². The molecule has 2 atom stereocenters. The lowest BCUT2D eigenvalue weighted by atomic mass is 9.92. The van der Waals surface area contributed by atoms with Crippen molar-refractivity contribution in [2.45, 2.75) is 30.7 Å². The number of nitrogens with zero attached hydrogens (tertiary/aromatic N) is 1. The lowest BCUT2D eigenvalue weighted by Crippen LogP contribution is -2.49. The van der Waals surface area contributed by atoms with Crippen molar-refractivity contribution in [2.24, 2.45) is 5.92 Å². The molecule has 1 aliphatic heterocycles. The Morgan fingerprint density at radius 1 is 1.41 bits per heavy atom. The summed E-state index contributed by atoms with van der Waals surface area (Å²) in [6, 6.07) is 1.49. The average molecular weight is 370 g/mol. The van der Waals surface area contributed by atoms with Crippen molar-refractivity contribution in [2.75, 3.05) is 6.54 Å². The number of hydrogen-bond acceptors (Lipinski definition) is 3. The van der Waals surface area contributed by atoms with Gasteiger partial charge in [0.1, 0.15) is 4.90 Å². The maximum Gasteiger partial charge on any atom is 0.308 e. The monoisotopic (exact) mass is 369 g/mol. The van der Waals surface area contributed by atoms with Crippen LogP contribution < -0.4 is 0 Å². The Labute approximate surface area is 137 Å². The number of carbonyl (C=O) groups is 1. The van der Waals surface area contributed by atoms with Gasteiger partial charge in [-0.2, -0.15) is 4.31 Å². The van der Waals surface area contributed by atoms with Gasteiger partial charge in [0.05, 0.1) is 16.0 Å². The van der Waals surface area contributed by atoms with Crippen molar-refractivity contribution in [3.63, 3.8) is 0 Å². The Hall–Kier alpha value is -0.890. The van der Waals surface area contributed by atoms with E-state index in [1.807, 2.05) is 0 Å². The highest BCUT2D eigenvalue weighted by atomic mass is 35.5. The van der Waals surface area contributed by atoms with Gasteiger partial charge in [0.2, 0.25) is 10.0 Å². The Kier molecular flexibility index (Phi) is 5.01. The van der Waals surface area contributed by atoms with Crippen LogP contribution in [-0.4, -0.2) is 36.4 Å². The van der Waals surface area contributed by atoms with Gasteiger partial charge in [-0.3, -0.25) is 4.79 Å². The van der Waals surface area contributed by atoms with Crippen LogP contribution in [0.4, 0.5) is 4.39 Å². The quantitative estimate of drug-likeness (QED) is 0.830. The first kappa shape index (κ1) is 17.5. The molecule has 1 aromatic rings. The lowest BCUT2D eigenvalue weighted by Gasteiger charge is -2.36. The van der Waals surface area contributed by atoms with E-state index < -0.39 is 43.7 Å². The van der Waals surface area contributed by atoms with Crippen molar-refractivity contribution >= 4 is 39.2 Å². The van der Waals surface area contributed by atoms with E-state index in [4.69, 9.17) is 23.2 Å². The van der Waals surface area contributed by atoms with Gasteiger partial charge in [-0.15, -0.1) is 0 Å². The number of halogens is 3. The summed E-state index contributed by atoms with van der Waals surface area (Å²) in [7, 11) is -4.11. The average Bonchev–Trinajstić information content (AvgIpc) is 2.44. The molecule has 0 aromatic heterocycles. The number of aliphatic carboxylic acids is 1. The van der Waals surface area contributed by atoms with Gasteiger partial charge in [0.25, 0.3) is 0 Å². The van der Waals surface area contributed by atoms with E-state index in [1.54, 1.807) is 0 Å². The number of benzene rings is 1. The Morgan fingerprint density at radius 2 is 2.05 bits per heavy atom. The Morgan fingerprint density at radius 3 is 2.64 bits per heavy atom. The molecule has 1 aliphatic rings. The van der Waals surface area contributed by atoms with Crippen LogP contribution >= 0.6 is 23.2 Å². The SMILES string of the molecule is C[C@@H]1[C@H](C(=O)O)CCCN1S(=O)(=O)c1ccc(Cl)c(F)c1Cl. The molecule has 22 heavy (non-hydrogen) atoms. The molecule has 0 amide bonds. The van der Waals surface area contributed by atoms with Crippen LogP contribution in [-0.2, 0) is 14.8 Å². The van der Waals surface area contributed by atoms with Gasteiger partial charge in [0.15, 0.2) is 5.82 Å². The first-order valence-corrected chi connectivity index (χ1v) is 8.75. The molecular weight excluding hydrogens is 356 g/mol. The minimum Gasteiger partial charge on any atom is -0.481 e. The second kappa shape index (κ2) is 6.31. The first-order chi connectivity index (χ1) is 10.2. The largest absolute Gasteiger partial charge is 0.481 e. The fourth-order valence-electron chi connectivity index (χ4n) is 2.62. The molecule has 0 spiro atoms. The van der Waals surface area contributed by atoms with Crippen LogP contribution in [0, 0.1) is 11.7 Å². The molecule has 2 rings (SSSR count). The molecule has 0 aliphatic carbocycles. The van der Waals surface area contributed by atoms with E-state index >= 15 is 0 Å². The molecule has 9 heteroatoms. The molecule has 0 radical (unpaired) electrons. The molecule has 1 aromatic carbocycles. The maximum absolute atomic E-state index is 13.7. The standard InChI is InChI=1S/C13H14Cl2FNO4S/c1-7-8(13(18)19)3-2-6-17(7)22(20,21)10-5-4-9(14)12(16)11(10)15/h4-5,7-8H,2-3,6H2,1H3,(H,18,19)/t7-,8-/m1/s1. The van der Waals surface area contributed by atoms with Crippen LogP contribution in [0.1, 0.15) is 19.8 Å². The topological polar surface area (TPSA) is 74.7 Å². The fourth-order valence-corrected chi connectivity index (χ4v) is 5.04. The second-order valence-corrected chi connectivity index (χ2v) is 7.76. The predicted octanol–water partition coefficient (Wildman–Crippen LogP) is 3.01. The summed E-state index contributed by atoms with van der Waals surface area (Å²) in [4.78, 5) is 10.8. The third-order valence-electron chi connectivity index (χ3n) is 3.83. The third kappa shape index (κ3) is 2.95. The van der Waals surface area contributed by atoms with E-state index in [-0.39, 0.29) is 11.6 Å². The zero-order chi connectivity index (χ0) is 16.7. The van der Waals surface area contributed by atoms with Crippen LogP contribution in [0.5, 0.6) is 0 Å². The normalized spacial score (nSPS) is 23.5. The van der Waals surface area contributed by atoms with E-state index in [2.05, 4.69) is 0 Å². The highest BCUT2D eigenvalue weighted by molar-refractivity contribution is 7.89. The number of piperidine rings is 1. The van der Waals surface area contributed by atoms with Crippen LogP contribution in [0.3, 0.4) is 0 Å². The Bertz CT molecular complexity index is 710. The molecule has 1 heterocycles. The van der Waals surface area contributed by atoms with Crippen molar-refractivity contribution in [1.29, 1.82) is 0 Å². The minimum atomic E-state index is -4.11. The van der Waals surface area contributed by atoms with E-state index in [9.17, 15) is 22.7 Å². The minimum absolute atomic E-state index is 0.161. The van der Waals surface area contributed by atoms with Gasteiger partial charge >= 0.3 is 5.97 Å². The Balaban J connectivity index is 2.46. The molecule has 1 N–H and O–H groups in total. The molecule has 1 fully saturated rings. The van der Waals surface area contributed by atoms with Gasteiger partial charge in [0, 0.05) is 12.6 Å². The smallest absolute Gasteiger partial charge is 0.308 e. The summed E-state index contributed by atoms with van der Waals surface area (Å²) in [6.45, 7) is 1.68. The van der Waals surface area contributed by atoms with Crippen molar-refractivity contribution in [1.82, 2.24) is 4.31 Å². The van der Waals surface area contributed by atoms with E-state index in [0.29, 0.717) is 12.8 Å². The van der Waals surface area contributed by atoms with Crippen molar-refractivity contribution in [3.8, 4) is 0 Å². The van der Waals surface area contributed by atoms with E-state index in [1.165, 1.54) is 6.92 Å². The summed E-state index contributed by atoms with van der Waals surface area (Å²) >= 11 is 11.3. The third-order valence-corrected chi connectivity index (χ3v) is 6.64. The molecule has 0 saturated carbocycles. The number of sulfonamides is 1. The number of carboxylic acids is 1. The van der Waals surface area contributed by atoms with Crippen LogP contribution in [0.25, 0.3) is 0 Å². The van der Waals surface area contributed by atoms with Crippen molar-refractivity contribution < 1.29 is 22.7 Å². The van der Waals surface area contributed by atoms with Gasteiger partial charge < -0.3 is 5.11 Å².